The molecule has 0 aliphatic heterocycles. The molecule has 0 fully saturated rings. The predicted molar refractivity (Wildman–Crippen MR) is 141 cm³/mol. The summed E-state index contributed by atoms with van der Waals surface area (Å²) in [5, 5.41) is 9.80. The summed E-state index contributed by atoms with van der Waals surface area (Å²) in [6, 6.07) is 24.4. The molecule has 8 heteroatoms. The highest BCUT2D eigenvalue weighted by atomic mass is 35.5. The minimum atomic E-state index is -3.62. The number of nitrogens with one attached hydrogen (secondary N) is 1. The van der Waals surface area contributed by atoms with Gasteiger partial charge < -0.3 is 5.11 Å². The van der Waals surface area contributed by atoms with Crippen LogP contribution in [0.5, 0.6) is 0 Å². The number of aromatic nitrogens is 1. The number of hydrogen-bond acceptors (Lipinski definition) is 4. The Balaban J connectivity index is 1.52. The summed E-state index contributed by atoms with van der Waals surface area (Å²) in [7, 11) is -3.62. The molecular formula is C28H23ClN2O4S. The summed E-state index contributed by atoms with van der Waals surface area (Å²) < 4.78 is 27.6. The Morgan fingerprint density at radius 3 is 2.31 bits per heavy atom. The zero-order valence-electron chi connectivity index (χ0n) is 19.1. The van der Waals surface area contributed by atoms with Crippen molar-refractivity contribution in [1.29, 1.82) is 0 Å². The van der Waals surface area contributed by atoms with E-state index in [0.29, 0.717) is 11.4 Å². The molecule has 4 aromatic rings. The zero-order chi connectivity index (χ0) is 25.5. The molecule has 1 heterocycles. The molecule has 0 aliphatic carbocycles. The Morgan fingerprint density at radius 2 is 1.64 bits per heavy atom. The smallest absolute Gasteiger partial charge is 0.335 e. The second-order valence-corrected chi connectivity index (χ2v) is 10.2. The molecule has 182 valence electrons. The van der Waals surface area contributed by atoms with Gasteiger partial charge >= 0.3 is 5.97 Å². The van der Waals surface area contributed by atoms with Crippen molar-refractivity contribution in [2.24, 2.45) is 0 Å². The average molecular weight is 519 g/mol. The standard InChI is InChI=1S/C28H23ClN2O4S/c29-25-10-12-26(13-11-25)36(34,35)31-16-14-20-6-8-22(9-7-20)27(24-5-2-15-30-19-24)18-21-3-1-4-23(17-21)28(32)33/h1-13,15,17-19,31H,14,16H2,(H,32,33)/b27-18+. The fourth-order valence-corrected chi connectivity index (χ4v) is 4.82. The molecule has 4 rings (SSSR count). The predicted octanol–water partition coefficient (Wildman–Crippen LogP) is 5.54. The second kappa shape index (κ2) is 11.3. The van der Waals surface area contributed by atoms with Crippen LogP contribution >= 0.6 is 11.6 Å². The van der Waals surface area contributed by atoms with Gasteiger partial charge in [-0.05, 0) is 77.2 Å². The Labute approximate surface area is 215 Å². The van der Waals surface area contributed by atoms with E-state index in [-0.39, 0.29) is 17.0 Å². The van der Waals surface area contributed by atoms with E-state index >= 15 is 0 Å². The van der Waals surface area contributed by atoms with E-state index in [9.17, 15) is 18.3 Å². The molecule has 0 radical (unpaired) electrons. The summed E-state index contributed by atoms with van der Waals surface area (Å²) in [6.07, 6.45) is 5.89. The number of benzene rings is 3. The maximum atomic E-state index is 12.5. The minimum Gasteiger partial charge on any atom is -0.478 e. The number of carbonyl (C=O) groups is 1. The molecule has 1 aromatic heterocycles. The van der Waals surface area contributed by atoms with Crippen molar-refractivity contribution in [3.8, 4) is 0 Å². The monoisotopic (exact) mass is 518 g/mol. The number of carboxylic acids is 1. The molecule has 0 aliphatic rings. The number of rotatable bonds is 9. The SMILES string of the molecule is O=C(O)c1cccc(/C=C(\c2ccc(CCNS(=O)(=O)c3ccc(Cl)cc3)cc2)c2cccnc2)c1. The quantitative estimate of drug-likeness (QED) is 0.283. The number of carboxylic acid groups (broad SMARTS) is 1. The number of sulfonamides is 1. The Bertz CT molecular complexity index is 1490. The van der Waals surface area contributed by atoms with Gasteiger partial charge in [-0.3, -0.25) is 4.98 Å². The normalized spacial score (nSPS) is 11.9. The first kappa shape index (κ1) is 25.3. The number of nitrogens with zero attached hydrogens (tertiary/aromatic N) is 1. The summed E-state index contributed by atoms with van der Waals surface area (Å²) in [4.78, 5) is 15.8. The highest BCUT2D eigenvalue weighted by molar-refractivity contribution is 7.89. The van der Waals surface area contributed by atoms with Gasteiger partial charge in [0, 0.05) is 29.5 Å². The van der Waals surface area contributed by atoms with Gasteiger partial charge in [0.1, 0.15) is 0 Å². The lowest BCUT2D eigenvalue weighted by molar-refractivity contribution is 0.0697. The molecule has 0 bridgehead atoms. The summed E-state index contributed by atoms with van der Waals surface area (Å²) in [6.45, 7) is 0.248. The van der Waals surface area contributed by atoms with Gasteiger partial charge in [-0.25, -0.2) is 17.9 Å². The van der Waals surface area contributed by atoms with Gasteiger partial charge in [-0.1, -0.05) is 54.1 Å². The lowest BCUT2D eigenvalue weighted by Gasteiger charge is -2.11. The van der Waals surface area contributed by atoms with Crippen LogP contribution in [0.25, 0.3) is 11.6 Å². The molecule has 0 atom stereocenters. The Morgan fingerprint density at radius 1 is 0.917 bits per heavy atom. The van der Waals surface area contributed by atoms with Crippen molar-refractivity contribution in [1.82, 2.24) is 9.71 Å². The maximum Gasteiger partial charge on any atom is 0.335 e. The molecule has 0 amide bonds. The van der Waals surface area contributed by atoms with Crippen LogP contribution in [-0.4, -0.2) is 31.0 Å². The second-order valence-electron chi connectivity index (χ2n) is 8.03. The molecule has 0 unspecified atom stereocenters. The van der Waals surface area contributed by atoms with E-state index in [1.165, 1.54) is 12.1 Å². The fourth-order valence-electron chi connectivity index (χ4n) is 3.66. The first-order valence-electron chi connectivity index (χ1n) is 11.1. The molecule has 0 saturated carbocycles. The van der Waals surface area contributed by atoms with Crippen molar-refractivity contribution in [2.75, 3.05) is 6.54 Å². The number of halogens is 1. The van der Waals surface area contributed by atoms with Crippen LogP contribution in [0.4, 0.5) is 0 Å². The lowest BCUT2D eigenvalue weighted by atomic mass is 9.95. The van der Waals surface area contributed by atoms with Gasteiger partial charge in [-0.2, -0.15) is 0 Å². The topological polar surface area (TPSA) is 96.4 Å². The van der Waals surface area contributed by atoms with Crippen LogP contribution in [0.15, 0.2) is 102 Å². The van der Waals surface area contributed by atoms with E-state index < -0.39 is 16.0 Å². The fraction of sp³-hybridized carbons (Fsp3) is 0.0714. The van der Waals surface area contributed by atoms with Crippen LogP contribution in [0.1, 0.15) is 32.6 Å². The third-order valence-corrected chi connectivity index (χ3v) is 7.24. The number of hydrogen-bond donors (Lipinski definition) is 2. The first-order valence-corrected chi connectivity index (χ1v) is 13.0. The highest BCUT2D eigenvalue weighted by Crippen LogP contribution is 2.26. The Kier molecular flexibility index (Phi) is 7.95. The van der Waals surface area contributed by atoms with Crippen LogP contribution in [0, 0.1) is 0 Å². The van der Waals surface area contributed by atoms with E-state index in [4.69, 9.17) is 11.6 Å². The largest absolute Gasteiger partial charge is 0.478 e. The molecule has 3 aromatic carbocycles. The molecular weight excluding hydrogens is 496 g/mol. The van der Waals surface area contributed by atoms with Crippen molar-refractivity contribution >= 4 is 39.2 Å². The third kappa shape index (κ3) is 6.46. The van der Waals surface area contributed by atoms with Gasteiger partial charge in [0.15, 0.2) is 0 Å². The highest BCUT2D eigenvalue weighted by Gasteiger charge is 2.13. The molecule has 36 heavy (non-hydrogen) atoms. The number of aromatic carboxylic acids is 1. The molecule has 0 spiro atoms. The summed E-state index contributed by atoms with van der Waals surface area (Å²) in [5.74, 6) is -0.982. The van der Waals surface area contributed by atoms with Gasteiger partial charge in [0.25, 0.3) is 0 Å². The van der Waals surface area contributed by atoms with Crippen molar-refractivity contribution < 1.29 is 18.3 Å². The third-order valence-electron chi connectivity index (χ3n) is 5.51. The van der Waals surface area contributed by atoms with E-state index in [0.717, 1.165) is 27.8 Å². The summed E-state index contributed by atoms with van der Waals surface area (Å²) in [5.41, 5.74) is 4.65. The number of pyridine rings is 1. The maximum absolute atomic E-state index is 12.5. The van der Waals surface area contributed by atoms with Crippen LogP contribution in [0.3, 0.4) is 0 Å². The molecule has 2 N–H and O–H groups in total. The van der Waals surface area contributed by atoms with E-state index in [1.807, 2.05) is 48.5 Å². The van der Waals surface area contributed by atoms with E-state index in [1.54, 1.807) is 42.7 Å². The van der Waals surface area contributed by atoms with E-state index in [2.05, 4.69) is 9.71 Å². The van der Waals surface area contributed by atoms with Crippen LogP contribution < -0.4 is 4.72 Å². The van der Waals surface area contributed by atoms with Crippen LogP contribution in [-0.2, 0) is 16.4 Å². The van der Waals surface area contributed by atoms with Crippen molar-refractivity contribution in [3.63, 3.8) is 0 Å². The zero-order valence-corrected chi connectivity index (χ0v) is 20.7. The molecule has 0 saturated heterocycles. The average Bonchev–Trinajstić information content (AvgIpc) is 2.89. The van der Waals surface area contributed by atoms with Gasteiger partial charge in [0.05, 0.1) is 10.5 Å². The van der Waals surface area contributed by atoms with Crippen LogP contribution in [0.2, 0.25) is 5.02 Å². The minimum absolute atomic E-state index is 0.167. The lowest BCUT2D eigenvalue weighted by Crippen LogP contribution is -2.25. The van der Waals surface area contributed by atoms with Crippen molar-refractivity contribution in [2.45, 2.75) is 11.3 Å². The summed E-state index contributed by atoms with van der Waals surface area (Å²) >= 11 is 5.84. The van der Waals surface area contributed by atoms with Crippen molar-refractivity contribution in [3.05, 3.63) is 130 Å². The van der Waals surface area contributed by atoms with Gasteiger partial charge in [-0.15, -0.1) is 0 Å². The molecule has 6 nitrogen and oxygen atoms in total. The van der Waals surface area contributed by atoms with Gasteiger partial charge in [0.2, 0.25) is 10.0 Å². The Hall–Kier alpha value is -3.78. The first-order chi connectivity index (χ1) is 17.3.